The second-order valence-electron chi connectivity index (χ2n) is 4.73. The fourth-order valence-electron chi connectivity index (χ4n) is 1.74. The summed E-state index contributed by atoms with van der Waals surface area (Å²) in [6.07, 6.45) is 1.51. The highest BCUT2D eigenvalue weighted by atomic mass is 35.5. The minimum atomic E-state index is -0.429. The number of esters is 1. The summed E-state index contributed by atoms with van der Waals surface area (Å²) in [4.78, 5) is 29.3. The Kier molecular flexibility index (Phi) is 6.45. The van der Waals surface area contributed by atoms with Crippen molar-refractivity contribution in [2.45, 2.75) is 20.8 Å². The normalized spacial score (nSPS) is 10.4. The molecular formula is C14H19ClN2O3. The van der Waals surface area contributed by atoms with Gasteiger partial charge in [-0.05, 0) is 25.0 Å². The number of ether oxygens (including phenoxy) is 1. The van der Waals surface area contributed by atoms with Crippen LogP contribution in [-0.2, 0) is 9.53 Å². The first-order chi connectivity index (χ1) is 9.45. The first kappa shape index (κ1) is 16.4. The van der Waals surface area contributed by atoms with Crippen molar-refractivity contribution < 1.29 is 14.3 Å². The average molecular weight is 299 g/mol. The van der Waals surface area contributed by atoms with E-state index in [1.54, 1.807) is 19.1 Å². The molecule has 0 aliphatic heterocycles. The Balaban J connectivity index is 2.90. The second kappa shape index (κ2) is 7.85. The molecule has 1 heterocycles. The Hall–Kier alpha value is -1.62. The first-order valence-corrected chi connectivity index (χ1v) is 6.88. The van der Waals surface area contributed by atoms with Crippen molar-refractivity contribution in [2.24, 2.45) is 5.92 Å². The highest BCUT2D eigenvalue weighted by Gasteiger charge is 2.22. The van der Waals surface area contributed by atoms with E-state index in [1.165, 1.54) is 11.1 Å². The van der Waals surface area contributed by atoms with E-state index in [4.69, 9.17) is 16.3 Å². The summed E-state index contributed by atoms with van der Waals surface area (Å²) in [6.45, 7) is 6.31. The third-order valence-corrected chi connectivity index (χ3v) is 2.79. The molecule has 0 aliphatic rings. The molecule has 0 spiro atoms. The summed E-state index contributed by atoms with van der Waals surface area (Å²) in [5.41, 5.74) is 0.291. The van der Waals surface area contributed by atoms with Crippen LogP contribution < -0.4 is 0 Å². The maximum atomic E-state index is 12.4. The summed E-state index contributed by atoms with van der Waals surface area (Å²) in [7, 11) is 0. The van der Waals surface area contributed by atoms with Gasteiger partial charge in [0.15, 0.2) is 0 Å². The van der Waals surface area contributed by atoms with Crippen molar-refractivity contribution in [3.8, 4) is 0 Å². The molecule has 110 valence electrons. The van der Waals surface area contributed by atoms with Crippen LogP contribution in [-0.4, -0.2) is 41.5 Å². The van der Waals surface area contributed by atoms with E-state index < -0.39 is 5.97 Å². The Bertz CT molecular complexity index is 477. The van der Waals surface area contributed by atoms with Gasteiger partial charge in [0.25, 0.3) is 5.91 Å². The van der Waals surface area contributed by atoms with Crippen LogP contribution in [0.4, 0.5) is 0 Å². The predicted octanol–water partition coefficient (Wildman–Crippen LogP) is 2.40. The van der Waals surface area contributed by atoms with Crippen molar-refractivity contribution in [1.29, 1.82) is 0 Å². The topological polar surface area (TPSA) is 59.5 Å². The zero-order valence-corrected chi connectivity index (χ0v) is 12.7. The second-order valence-corrected chi connectivity index (χ2v) is 5.08. The van der Waals surface area contributed by atoms with E-state index in [0.29, 0.717) is 12.1 Å². The van der Waals surface area contributed by atoms with E-state index in [-0.39, 0.29) is 30.1 Å². The summed E-state index contributed by atoms with van der Waals surface area (Å²) in [5.74, 6) is -0.518. The molecule has 20 heavy (non-hydrogen) atoms. The maximum absolute atomic E-state index is 12.4. The van der Waals surface area contributed by atoms with E-state index in [9.17, 15) is 9.59 Å². The molecule has 1 rings (SSSR count). The van der Waals surface area contributed by atoms with Gasteiger partial charge in [-0.15, -0.1) is 0 Å². The number of rotatable bonds is 6. The number of carbonyl (C=O) groups is 2. The van der Waals surface area contributed by atoms with Crippen LogP contribution in [0.5, 0.6) is 0 Å². The monoisotopic (exact) mass is 298 g/mol. The molecule has 0 aromatic carbocycles. The molecule has 0 saturated carbocycles. The number of aromatic nitrogens is 1. The van der Waals surface area contributed by atoms with Crippen LogP contribution in [0.1, 0.15) is 31.1 Å². The van der Waals surface area contributed by atoms with Crippen molar-refractivity contribution in [2.75, 3.05) is 19.7 Å². The Labute approximate surface area is 123 Å². The van der Waals surface area contributed by atoms with Gasteiger partial charge in [-0.25, -0.2) is 4.98 Å². The van der Waals surface area contributed by atoms with E-state index in [1.807, 2.05) is 13.8 Å². The number of hydrogen-bond acceptors (Lipinski definition) is 4. The molecule has 1 amide bonds. The molecule has 0 atom stereocenters. The standard InChI is InChI=1S/C14H19ClN2O3/c1-4-20-12(18)9-17(8-10(2)3)14(19)11-6-5-7-16-13(11)15/h5-7,10H,4,8-9H2,1-3H3. The van der Waals surface area contributed by atoms with Gasteiger partial charge in [0.1, 0.15) is 11.7 Å². The van der Waals surface area contributed by atoms with Crippen LogP contribution in [0.25, 0.3) is 0 Å². The van der Waals surface area contributed by atoms with Crippen LogP contribution in [0.15, 0.2) is 18.3 Å². The lowest BCUT2D eigenvalue weighted by Gasteiger charge is -2.23. The summed E-state index contributed by atoms with van der Waals surface area (Å²) in [6, 6.07) is 3.23. The van der Waals surface area contributed by atoms with Crippen LogP contribution in [0.2, 0.25) is 5.15 Å². The molecule has 1 aromatic rings. The highest BCUT2D eigenvalue weighted by Crippen LogP contribution is 2.15. The largest absolute Gasteiger partial charge is 0.465 e. The number of hydrogen-bond donors (Lipinski definition) is 0. The zero-order chi connectivity index (χ0) is 15.1. The zero-order valence-electron chi connectivity index (χ0n) is 11.9. The number of pyridine rings is 1. The van der Waals surface area contributed by atoms with E-state index in [0.717, 1.165) is 0 Å². The van der Waals surface area contributed by atoms with Crippen molar-refractivity contribution in [3.63, 3.8) is 0 Å². The minimum Gasteiger partial charge on any atom is -0.465 e. The maximum Gasteiger partial charge on any atom is 0.325 e. The molecule has 6 heteroatoms. The SMILES string of the molecule is CCOC(=O)CN(CC(C)C)C(=O)c1cccnc1Cl. The Morgan fingerprint density at radius 3 is 2.70 bits per heavy atom. The van der Waals surface area contributed by atoms with E-state index in [2.05, 4.69) is 4.98 Å². The fraction of sp³-hybridized carbons (Fsp3) is 0.500. The third kappa shape index (κ3) is 4.81. The quantitative estimate of drug-likeness (QED) is 0.598. The van der Waals surface area contributed by atoms with Crippen LogP contribution >= 0.6 is 11.6 Å². The Morgan fingerprint density at radius 1 is 1.45 bits per heavy atom. The number of halogens is 1. The molecule has 1 aromatic heterocycles. The summed E-state index contributed by atoms with van der Waals surface area (Å²) >= 11 is 5.92. The highest BCUT2D eigenvalue weighted by molar-refractivity contribution is 6.32. The van der Waals surface area contributed by atoms with Crippen LogP contribution in [0, 0.1) is 5.92 Å². The molecular weight excluding hydrogens is 280 g/mol. The van der Waals surface area contributed by atoms with Gasteiger partial charge in [-0.2, -0.15) is 0 Å². The smallest absolute Gasteiger partial charge is 0.325 e. The minimum absolute atomic E-state index is 0.0872. The van der Waals surface area contributed by atoms with Crippen molar-refractivity contribution >= 4 is 23.5 Å². The van der Waals surface area contributed by atoms with Gasteiger partial charge in [-0.1, -0.05) is 25.4 Å². The lowest BCUT2D eigenvalue weighted by atomic mass is 10.1. The first-order valence-electron chi connectivity index (χ1n) is 6.51. The van der Waals surface area contributed by atoms with Crippen molar-refractivity contribution in [1.82, 2.24) is 9.88 Å². The van der Waals surface area contributed by atoms with Crippen LogP contribution in [0.3, 0.4) is 0 Å². The van der Waals surface area contributed by atoms with Gasteiger partial charge in [0.05, 0.1) is 12.2 Å². The predicted molar refractivity (Wildman–Crippen MR) is 76.6 cm³/mol. The number of carbonyl (C=O) groups excluding carboxylic acids is 2. The summed E-state index contributed by atoms with van der Waals surface area (Å²) in [5, 5.41) is 0.134. The average Bonchev–Trinajstić information content (AvgIpc) is 2.37. The molecule has 0 saturated heterocycles. The Morgan fingerprint density at radius 2 is 2.15 bits per heavy atom. The lowest BCUT2D eigenvalue weighted by molar-refractivity contribution is -0.143. The van der Waals surface area contributed by atoms with Crippen molar-refractivity contribution in [3.05, 3.63) is 29.0 Å². The molecule has 0 bridgehead atoms. The van der Waals surface area contributed by atoms with Gasteiger partial charge in [-0.3, -0.25) is 9.59 Å². The number of amides is 1. The molecule has 0 unspecified atom stereocenters. The molecule has 5 nitrogen and oxygen atoms in total. The van der Waals surface area contributed by atoms with Gasteiger partial charge >= 0.3 is 5.97 Å². The van der Waals surface area contributed by atoms with Gasteiger partial charge in [0, 0.05) is 12.7 Å². The lowest BCUT2D eigenvalue weighted by Crippen LogP contribution is -2.39. The number of nitrogens with zero attached hydrogens (tertiary/aromatic N) is 2. The summed E-state index contributed by atoms with van der Waals surface area (Å²) < 4.78 is 4.89. The van der Waals surface area contributed by atoms with E-state index >= 15 is 0 Å². The molecule has 0 N–H and O–H groups in total. The third-order valence-electron chi connectivity index (χ3n) is 2.49. The fourth-order valence-corrected chi connectivity index (χ4v) is 1.94. The molecule has 0 aliphatic carbocycles. The molecule has 0 fully saturated rings. The molecule has 0 radical (unpaired) electrons. The van der Waals surface area contributed by atoms with Gasteiger partial charge in [0.2, 0.25) is 0 Å². The van der Waals surface area contributed by atoms with Gasteiger partial charge < -0.3 is 9.64 Å².